The second kappa shape index (κ2) is 13.2. The Bertz CT molecular complexity index is 1170. The number of ether oxygens (including phenoxy) is 1. The zero-order valence-corrected chi connectivity index (χ0v) is 24.1. The molecule has 0 spiro atoms. The van der Waals surface area contributed by atoms with E-state index in [0.29, 0.717) is 25.4 Å². The van der Waals surface area contributed by atoms with E-state index in [-0.39, 0.29) is 17.5 Å². The van der Waals surface area contributed by atoms with E-state index in [9.17, 15) is 9.18 Å². The number of fused-ring (bicyclic) bond motifs is 2. The highest BCUT2D eigenvalue weighted by molar-refractivity contribution is 6.05. The van der Waals surface area contributed by atoms with Crippen molar-refractivity contribution in [3.8, 4) is 5.75 Å². The van der Waals surface area contributed by atoms with E-state index in [2.05, 4.69) is 41.0 Å². The van der Waals surface area contributed by atoms with Gasteiger partial charge in [0.15, 0.2) is 0 Å². The number of amidine groups is 1. The molecule has 3 aliphatic rings. The third-order valence-corrected chi connectivity index (χ3v) is 7.94. The molecule has 0 saturated carbocycles. The average molecular weight is 539 g/mol. The Hall–Kier alpha value is -3.20. The van der Waals surface area contributed by atoms with Crippen molar-refractivity contribution >= 4 is 17.5 Å². The SMILES string of the molecule is C\N=C1/C=C(C)/N=C(N2CCC2)\C(C)=C(/C)N(C)CCNCCOc2ccc(F)cc2C(=O)N2CCCCC12. The van der Waals surface area contributed by atoms with Gasteiger partial charge in [-0.05, 0) is 70.7 Å². The van der Waals surface area contributed by atoms with Gasteiger partial charge in [0.05, 0.1) is 17.3 Å². The quantitative estimate of drug-likeness (QED) is 0.538. The fourth-order valence-corrected chi connectivity index (χ4v) is 5.30. The molecule has 9 heteroatoms. The summed E-state index contributed by atoms with van der Waals surface area (Å²) in [7, 11) is 3.87. The van der Waals surface area contributed by atoms with Crippen LogP contribution in [-0.4, -0.2) is 98.2 Å². The maximum absolute atomic E-state index is 14.3. The molecule has 1 aromatic rings. The second-order valence-corrected chi connectivity index (χ2v) is 10.6. The summed E-state index contributed by atoms with van der Waals surface area (Å²) in [5, 5.41) is 3.42. The average Bonchev–Trinajstić information content (AvgIpc) is 2.91. The number of halogens is 1. The van der Waals surface area contributed by atoms with Crippen molar-refractivity contribution in [2.24, 2.45) is 9.98 Å². The molecule has 0 aromatic heterocycles. The summed E-state index contributed by atoms with van der Waals surface area (Å²) >= 11 is 0. The van der Waals surface area contributed by atoms with Crippen molar-refractivity contribution in [3.05, 3.63) is 52.6 Å². The van der Waals surface area contributed by atoms with Gasteiger partial charge in [0.25, 0.3) is 5.91 Å². The number of nitrogens with one attached hydrogen (secondary N) is 1. The van der Waals surface area contributed by atoms with Gasteiger partial charge in [0, 0.05) is 70.3 Å². The molecule has 2 saturated heterocycles. The number of likely N-dealkylation sites (N-methyl/N-ethyl adjacent to an activating group) is 1. The van der Waals surface area contributed by atoms with Crippen molar-refractivity contribution in [2.45, 2.75) is 52.5 Å². The zero-order valence-electron chi connectivity index (χ0n) is 24.1. The van der Waals surface area contributed by atoms with Crippen LogP contribution in [0.25, 0.3) is 0 Å². The number of carbonyl (C=O) groups excluding carboxylic acids is 1. The fraction of sp³-hybridized carbons (Fsp3) is 0.567. The van der Waals surface area contributed by atoms with Crippen LogP contribution in [-0.2, 0) is 0 Å². The van der Waals surface area contributed by atoms with E-state index in [4.69, 9.17) is 9.73 Å². The minimum Gasteiger partial charge on any atom is -0.491 e. The van der Waals surface area contributed by atoms with Crippen LogP contribution in [0.3, 0.4) is 0 Å². The summed E-state index contributed by atoms with van der Waals surface area (Å²) in [5.74, 6) is 0.718. The Morgan fingerprint density at radius 2 is 1.87 bits per heavy atom. The number of likely N-dealkylation sites (tertiary alicyclic amines) is 1. The molecule has 8 nitrogen and oxygen atoms in total. The molecule has 1 amide bonds. The maximum Gasteiger partial charge on any atom is 0.258 e. The number of hydrogen-bond donors (Lipinski definition) is 1. The lowest BCUT2D eigenvalue weighted by atomic mass is 9.95. The highest BCUT2D eigenvalue weighted by atomic mass is 19.1. The highest BCUT2D eigenvalue weighted by Crippen LogP contribution is 2.27. The van der Waals surface area contributed by atoms with Gasteiger partial charge in [-0.3, -0.25) is 9.79 Å². The third-order valence-electron chi connectivity index (χ3n) is 7.94. The number of hydrogen-bond acceptors (Lipinski definition) is 7. The van der Waals surface area contributed by atoms with Gasteiger partial charge in [-0.2, -0.15) is 0 Å². The van der Waals surface area contributed by atoms with Crippen molar-refractivity contribution < 1.29 is 13.9 Å². The Balaban J connectivity index is 1.75. The molecule has 39 heavy (non-hydrogen) atoms. The van der Waals surface area contributed by atoms with E-state index in [1.54, 1.807) is 13.1 Å². The topological polar surface area (TPSA) is 72.8 Å². The smallest absolute Gasteiger partial charge is 0.258 e. The summed E-state index contributed by atoms with van der Waals surface area (Å²) in [4.78, 5) is 30.0. The number of piperidine rings is 1. The number of nitrogens with zero attached hydrogens (tertiary/aromatic N) is 5. The molecule has 1 aromatic carbocycles. The Morgan fingerprint density at radius 3 is 2.59 bits per heavy atom. The monoisotopic (exact) mass is 538 g/mol. The van der Waals surface area contributed by atoms with Crippen LogP contribution in [0.15, 0.2) is 51.2 Å². The van der Waals surface area contributed by atoms with Gasteiger partial charge in [-0.25, -0.2) is 9.38 Å². The van der Waals surface area contributed by atoms with Gasteiger partial charge in [-0.1, -0.05) is 0 Å². The molecular formula is C30H43FN6O2. The first-order valence-electron chi connectivity index (χ1n) is 14.1. The predicted octanol–water partition coefficient (Wildman–Crippen LogP) is 4.11. The van der Waals surface area contributed by atoms with Crippen LogP contribution >= 0.6 is 0 Å². The van der Waals surface area contributed by atoms with E-state index in [1.807, 2.05) is 17.9 Å². The number of benzene rings is 1. The highest BCUT2D eigenvalue weighted by Gasteiger charge is 2.32. The largest absolute Gasteiger partial charge is 0.491 e. The molecule has 1 atom stereocenters. The standard InChI is InChI=1S/C30H43FN6O2/c1-21-19-26(32-4)27-9-6-7-16-37(27)30(38)25-20-24(31)10-11-28(25)39-18-13-33-12-17-35(5)23(3)22(2)29(34-21)36-14-8-15-36/h10-11,19-20,27,33H,6-9,12-18H2,1-5H3/b21-19+,23-22+,32-26+,34-29+. The van der Waals surface area contributed by atoms with Crippen molar-refractivity contribution in [3.63, 3.8) is 0 Å². The molecular weight excluding hydrogens is 495 g/mol. The van der Waals surface area contributed by atoms with Crippen molar-refractivity contribution in [1.82, 2.24) is 20.0 Å². The summed E-state index contributed by atoms with van der Waals surface area (Å²) in [6, 6.07) is 3.98. The molecule has 0 radical (unpaired) electrons. The molecule has 3 aliphatic heterocycles. The first-order valence-corrected chi connectivity index (χ1v) is 14.1. The first kappa shape index (κ1) is 28.8. The minimum atomic E-state index is -0.454. The van der Waals surface area contributed by atoms with Crippen molar-refractivity contribution in [2.75, 3.05) is 60.0 Å². The molecule has 212 valence electrons. The molecule has 1 N–H and O–H groups in total. The summed E-state index contributed by atoms with van der Waals surface area (Å²) in [6.07, 6.45) is 5.85. The van der Waals surface area contributed by atoms with Crippen LogP contribution in [0.2, 0.25) is 0 Å². The van der Waals surface area contributed by atoms with Crippen molar-refractivity contribution in [1.29, 1.82) is 0 Å². The summed E-state index contributed by atoms with van der Waals surface area (Å²) in [6.45, 7) is 11.5. The van der Waals surface area contributed by atoms with Gasteiger partial charge in [0.2, 0.25) is 0 Å². The third kappa shape index (κ3) is 6.87. The van der Waals surface area contributed by atoms with E-state index in [0.717, 1.165) is 68.3 Å². The molecule has 4 rings (SSSR count). The number of allylic oxidation sites excluding steroid dienone is 2. The Labute approximate surface area is 232 Å². The first-order chi connectivity index (χ1) is 18.8. The number of aliphatic imine (C=N–C) groups is 2. The van der Waals surface area contributed by atoms with Crippen LogP contribution < -0.4 is 10.1 Å². The molecule has 0 aliphatic carbocycles. The van der Waals surface area contributed by atoms with Gasteiger partial charge < -0.3 is 24.8 Å². The number of rotatable bonds is 0. The lowest BCUT2D eigenvalue weighted by Crippen LogP contribution is -2.47. The second-order valence-electron chi connectivity index (χ2n) is 10.6. The molecule has 3 heterocycles. The lowest BCUT2D eigenvalue weighted by Gasteiger charge is -2.36. The van der Waals surface area contributed by atoms with Gasteiger partial charge in [-0.15, -0.1) is 0 Å². The van der Waals surface area contributed by atoms with Crippen LogP contribution in [0.4, 0.5) is 4.39 Å². The summed E-state index contributed by atoms with van der Waals surface area (Å²) in [5.41, 5.74) is 4.26. The molecule has 2 fully saturated rings. The number of carbonyl (C=O) groups is 1. The molecule has 0 bridgehead atoms. The Kier molecular flexibility index (Phi) is 9.78. The van der Waals surface area contributed by atoms with Gasteiger partial charge in [0.1, 0.15) is 24.0 Å². The van der Waals surface area contributed by atoms with E-state index in [1.165, 1.54) is 24.3 Å². The maximum atomic E-state index is 14.3. The molecule has 1 unspecified atom stereocenters. The Morgan fingerprint density at radius 1 is 1.08 bits per heavy atom. The van der Waals surface area contributed by atoms with E-state index < -0.39 is 5.82 Å². The van der Waals surface area contributed by atoms with Gasteiger partial charge >= 0.3 is 0 Å². The van der Waals surface area contributed by atoms with Crippen LogP contribution in [0, 0.1) is 5.82 Å². The lowest BCUT2D eigenvalue weighted by molar-refractivity contribution is 0.0676. The summed E-state index contributed by atoms with van der Waals surface area (Å²) < 4.78 is 20.3. The van der Waals surface area contributed by atoms with Crippen LogP contribution in [0.5, 0.6) is 5.75 Å². The fourth-order valence-electron chi connectivity index (χ4n) is 5.30. The number of amides is 1. The normalized spacial score (nSPS) is 28.1. The predicted molar refractivity (Wildman–Crippen MR) is 155 cm³/mol. The zero-order chi connectivity index (χ0) is 27.9. The minimum absolute atomic E-state index is 0.210. The van der Waals surface area contributed by atoms with Crippen LogP contribution in [0.1, 0.15) is 56.8 Å². The van der Waals surface area contributed by atoms with E-state index >= 15 is 0 Å².